The Bertz CT molecular complexity index is 1520. The molecule has 43 heavy (non-hydrogen) atoms. The lowest BCUT2D eigenvalue weighted by Crippen LogP contribution is -2.46. The molecule has 1 atom stereocenters. The Balaban J connectivity index is 1.90. The molecule has 1 unspecified atom stereocenters. The fourth-order valence-corrected chi connectivity index (χ4v) is 3.95. The van der Waals surface area contributed by atoms with Crippen LogP contribution >= 0.6 is 0 Å². The number of rotatable bonds is 4. The van der Waals surface area contributed by atoms with Gasteiger partial charge in [-0.15, -0.1) is 0 Å². The molecule has 1 aliphatic heterocycles. The number of ether oxygens (including phenoxy) is 2. The average Bonchev–Trinajstić information content (AvgIpc) is 3.22. The molecular weight excluding hydrogens is 603 g/mol. The maximum Gasteiger partial charge on any atom is 0.435 e. The number of hydrazine groups is 1. The number of nitrogens with one attached hydrogen (secondary N) is 2. The highest BCUT2D eigenvalue weighted by molar-refractivity contribution is 5.81. The number of hydrogen-bond donors (Lipinski definition) is 2. The number of fused-ring (bicyclic) bond motifs is 1. The molecule has 1 amide bonds. The zero-order valence-electron chi connectivity index (χ0n) is 22.5. The SMILES string of the molecule is COc1cc(C(F)(F)F)ccc1C1Nc2c(nc(-c3ccc(C(F)(F)F)nc3)nc2C(F)(F)F)N1NC(=O)OC(C)(C)C. The van der Waals surface area contributed by atoms with Crippen LogP contribution in [0.2, 0.25) is 0 Å². The van der Waals surface area contributed by atoms with Gasteiger partial charge in [-0.25, -0.2) is 25.2 Å². The smallest absolute Gasteiger partial charge is 0.435 e. The minimum absolute atomic E-state index is 0.157. The highest BCUT2D eigenvalue weighted by atomic mass is 19.4. The Morgan fingerprint density at radius 2 is 1.60 bits per heavy atom. The molecule has 0 bridgehead atoms. The Morgan fingerprint density at radius 3 is 2.12 bits per heavy atom. The van der Waals surface area contributed by atoms with Gasteiger partial charge in [-0.2, -0.15) is 39.5 Å². The lowest BCUT2D eigenvalue weighted by Gasteiger charge is -2.29. The van der Waals surface area contributed by atoms with Crippen molar-refractivity contribution in [3.8, 4) is 17.1 Å². The number of halogens is 9. The van der Waals surface area contributed by atoms with E-state index in [9.17, 15) is 44.3 Å². The summed E-state index contributed by atoms with van der Waals surface area (Å²) in [5.74, 6) is -1.76. The Morgan fingerprint density at radius 1 is 0.930 bits per heavy atom. The van der Waals surface area contributed by atoms with Gasteiger partial charge >= 0.3 is 24.6 Å². The predicted molar refractivity (Wildman–Crippen MR) is 131 cm³/mol. The third kappa shape index (κ3) is 6.77. The van der Waals surface area contributed by atoms with Gasteiger partial charge in [0.25, 0.3) is 0 Å². The zero-order valence-corrected chi connectivity index (χ0v) is 22.5. The number of pyridine rings is 1. The molecule has 9 nitrogen and oxygen atoms in total. The van der Waals surface area contributed by atoms with E-state index in [1.807, 2.05) is 0 Å². The second kappa shape index (κ2) is 10.6. The van der Waals surface area contributed by atoms with Crippen LogP contribution in [0, 0.1) is 0 Å². The fourth-order valence-electron chi connectivity index (χ4n) is 3.95. The summed E-state index contributed by atoms with van der Waals surface area (Å²) in [5.41, 5.74) is -4.17. The summed E-state index contributed by atoms with van der Waals surface area (Å²) < 4.78 is 132. The van der Waals surface area contributed by atoms with Gasteiger partial charge in [-0.05, 0) is 45.0 Å². The minimum Gasteiger partial charge on any atom is -0.496 e. The molecule has 0 aliphatic carbocycles. The van der Waals surface area contributed by atoms with E-state index < -0.39 is 76.4 Å². The summed E-state index contributed by atoms with van der Waals surface area (Å²) in [6, 6.07) is 3.52. The monoisotopic (exact) mass is 624 g/mol. The second-order valence-corrected chi connectivity index (χ2v) is 10.0. The number of anilines is 2. The van der Waals surface area contributed by atoms with Gasteiger partial charge in [0, 0.05) is 17.3 Å². The number of nitrogens with zero attached hydrogens (tertiary/aromatic N) is 4. The van der Waals surface area contributed by atoms with E-state index in [2.05, 4.69) is 25.7 Å². The molecule has 0 spiro atoms. The number of carbonyl (C=O) groups excluding carboxylic acids is 1. The molecule has 232 valence electrons. The molecule has 3 heterocycles. The maximum atomic E-state index is 14.3. The van der Waals surface area contributed by atoms with Crippen LogP contribution in [0.4, 0.5) is 55.8 Å². The summed E-state index contributed by atoms with van der Waals surface area (Å²) in [6.07, 6.45) is -16.9. The molecule has 1 aliphatic rings. The van der Waals surface area contributed by atoms with Gasteiger partial charge in [-0.1, -0.05) is 6.07 Å². The van der Waals surface area contributed by atoms with Crippen LogP contribution in [-0.4, -0.2) is 33.8 Å². The van der Waals surface area contributed by atoms with E-state index in [1.165, 1.54) is 20.8 Å². The molecule has 18 heteroatoms. The third-order valence-corrected chi connectivity index (χ3v) is 5.70. The summed E-state index contributed by atoms with van der Waals surface area (Å²) in [7, 11) is 1.03. The molecule has 0 fully saturated rings. The summed E-state index contributed by atoms with van der Waals surface area (Å²) in [4.78, 5) is 23.5. The van der Waals surface area contributed by atoms with Gasteiger partial charge < -0.3 is 14.8 Å². The number of aromatic nitrogens is 3. The number of benzene rings is 1. The normalized spacial score (nSPS) is 15.6. The molecule has 0 saturated carbocycles. The molecular formula is C25H21F9N6O3. The molecule has 1 aromatic carbocycles. The van der Waals surface area contributed by atoms with Crippen LogP contribution in [0.3, 0.4) is 0 Å². The Hall–Kier alpha value is -4.51. The van der Waals surface area contributed by atoms with Gasteiger partial charge in [0.2, 0.25) is 0 Å². The van der Waals surface area contributed by atoms with Gasteiger partial charge in [0.1, 0.15) is 22.7 Å². The van der Waals surface area contributed by atoms with Crippen molar-refractivity contribution in [1.82, 2.24) is 20.4 Å². The number of hydrogen-bond acceptors (Lipinski definition) is 8. The van der Waals surface area contributed by atoms with Crippen molar-refractivity contribution in [2.45, 2.75) is 51.1 Å². The fraction of sp³-hybridized carbons (Fsp3) is 0.360. The van der Waals surface area contributed by atoms with E-state index in [0.717, 1.165) is 24.3 Å². The van der Waals surface area contributed by atoms with Gasteiger partial charge in [-0.3, -0.25) is 4.98 Å². The standard InChI is InChI=1S/C25H21F9N6O3/c1-22(2,3)43-21(41)39-40-19(13-7-6-12(23(26,27)28)9-14(13)42-4)36-16-17(25(32,33)34)37-18(38-20(16)40)11-5-8-15(35-10-11)24(29,30)31/h5-10,19,36H,1-4H3,(H,39,41). The lowest BCUT2D eigenvalue weighted by atomic mass is 10.1. The molecule has 0 radical (unpaired) electrons. The largest absolute Gasteiger partial charge is 0.496 e. The van der Waals surface area contributed by atoms with Crippen LogP contribution in [-0.2, 0) is 23.3 Å². The van der Waals surface area contributed by atoms with Crippen LogP contribution < -0.4 is 20.5 Å². The first-order chi connectivity index (χ1) is 19.7. The predicted octanol–water partition coefficient (Wildman–Crippen LogP) is 6.97. The van der Waals surface area contributed by atoms with Crippen LogP contribution in [0.15, 0.2) is 36.5 Å². The quantitative estimate of drug-likeness (QED) is 0.300. The number of methoxy groups -OCH3 is 1. The third-order valence-electron chi connectivity index (χ3n) is 5.70. The summed E-state index contributed by atoms with van der Waals surface area (Å²) in [5, 5.41) is 3.23. The van der Waals surface area contributed by atoms with Gasteiger partial charge in [0.05, 0.1) is 12.7 Å². The summed E-state index contributed by atoms with van der Waals surface area (Å²) >= 11 is 0. The van der Waals surface area contributed by atoms with Crippen molar-refractivity contribution in [3.05, 3.63) is 59.0 Å². The number of carbonyl (C=O) groups is 1. The van der Waals surface area contributed by atoms with Gasteiger partial charge in [0.15, 0.2) is 23.5 Å². The first kappa shape index (κ1) is 31.4. The lowest BCUT2D eigenvalue weighted by molar-refractivity contribution is -0.141. The minimum atomic E-state index is -5.18. The summed E-state index contributed by atoms with van der Waals surface area (Å²) in [6.45, 7) is 4.50. The highest BCUT2D eigenvalue weighted by Gasteiger charge is 2.45. The van der Waals surface area contributed by atoms with Crippen LogP contribution in [0.5, 0.6) is 5.75 Å². The van der Waals surface area contributed by atoms with E-state index in [0.29, 0.717) is 24.4 Å². The molecule has 4 rings (SSSR count). The Kier molecular flexibility index (Phi) is 7.78. The van der Waals surface area contributed by atoms with E-state index in [1.54, 1.807) is 0 Å². The highest BCUT2D eigenvalue weighted by Crippen LogP contribution is 2.48. The van der Waals surface area contributed by atoms with Crippen molar-refractivity contribution >= 4 is 17.6 Å². The van der Waals surface area contributed by atoms with Crippen molar-refractivity contribution < 1.29 is 53.8 Å². The van der Waals surface area contributed by atoms with Crippen molar-refractivity contribution in [3.63, 3.8) is 0 Å². The van der Waals surface area contributed by atoms with E-state index in [4.69, 9.17) is 9.47 Å². The topological polar surface area (TPSA) is 102 Å². The number of amides is 1. The first-order valence-corrected chi connectivity index (χ1v) is 12.0. The maximum absolute atomic E-state index is 14.3. The molecule has 2 N–H and O–H groups in total. The molecule has 2 aromatic heterocycles. The second-order valence-electron chi connectivity index (χ2n) is 10.0. The van der Waals surface area contributed by atoms with E-state index in [-0.39, 0.29) is 11.1 Å². The average molecular weight is 624 g/mol. The number of alkyl halides is 9. The zero-order chi connectivity index (χ0) is 32.1. The van der Waals surface area contributed by atoms with Crippen molar-refractivity contribution in [2.75, 3.05) is 17.4 Å². The van der Waals surface area contributed by atoms with E-state index >= 15 is 0 Å². The van der Waals surface area contributed by atoms with Crippen molar-refractivity contribution in [1.29, 1.82) is 0 Å². The molecule has 3 aromatic rings. The Labute approximate surface area is 237 Å². The molecule has 0 saturated heterocycles. The van der Waals surface area contributed by atoms with Crippen molar-refractivity contribution in [2.24, 2.45) is 0 Å². The first-order valence-electron chi connectivity index (χ1n) is 12.0. The van der Waals surface area contributed by atoms with Crippen LogP contribution in [0.25, 0.3) is 11.4 Å². The van der Waals surface area contributed by atoms with Crippen LogP contribution in [0.1, 0.15) is 49.5 Å².